The summed E-state index contributed by atoms with van der Waals surface area (Å²) in [6.45, 7) is 6.88. The van der Waals surface area contributed by atoms with Crippen LogP contribution in [0.2, 0.25) is 0 Å². The number of hydrogen-bond donors (Lipinski definition) is 8. The Balaban J connectivity index is 1.04. The van der Waals surface area contributed by atoms with E-state index in [-0.39, 0.29) is 44.3 Å². The van der Waals surface area contributed by atoms with E-state index < -0.39 is 77.3 Å². The van der Waals surface area contributed by atoms with Gasteiger partial charge in [-0.15, -0.1) is 11.8 Å². The molecule has 6 aliphatic heterocycles. The Morgan fingerprint density at radius 3 is 1.74 bits per heavy atom. The van der Waals surface area contributed by atoms with E-state index in [9.17, 15) is 34.8 Å². The van der Waals surface area contributed by atoms with Crippen LogP contribution in [0.4, 0.5) is 0 Å². The van der Waals surface area contributed by atoms with Crippen molar-refractivity contribution in [3.8, 4) is 0 Å². The molecule has 4 bridgehead atoms. The number of thioether (sulfide) groups is 1. The molecule has 1 unspecified atom stereocenters. The van der Waals surface area contributed by atoms with Crippen LogP contribution in [0.3, 0.4) is 0 Å². The Morgan fingerprint density at radius 2 is 1.28 bits per heavy atom. The molecule has 0 radical (unpaired) electrons. The number of nitrogens with one attached hydrogen (secondary N) is 4. The van der Waals surface area contributed by atoms with Crippen molar-refractivity contribution in [3.05, 3.63) is 0 Å². The highest BCUT2D eigenvalue weighted by molar-refractivity contribution is 8.01. The molecule has 0 aromatic carbocycles. The molecule has 8 N–H and O–H groups in total. The number of carbonyl (C=O) groups excluding carboxylic acids is 3. The molecular weight excluding hydrogens is 640 g/mol. The summed E-state index contributed by atoms with van der Waals surface area (Å²) in [4.78, 5) is 42.4. The number of nitrogens with zero attached hydrogens (tertiary/aromatic N) is 2. The standard InChI is InChI=1S/C29H48N6O11S/c1-16(36)13-47-19(27(42)33-15-29-26(41)24(39)22(18(46-29)12-44-29)35-8-4-31-5-9-35)10-20(37)32-14-28-25(40)23(38)21(17(45-28)11-43-28)34-6-2-30-3-7-34/h17-19,21-26,30-31,38-41H,2-15H2,1H3,(H,32,37)(H,33,42)/t17-,18+,19?,21+,22+,23+,24+,25+,26+,28+,29+/m0/s1. The highest BCUT2D eigenvalue weighted by Crippen LogP contribution is 2.40. The Hall–Kier alpha value is -1.52. The molecule has 17 nitrogen and oxygen atoms in total. The van der Waals surface area contributed by atoms with E-state index in [1.807, 2.05) is 0 Å². The minimum atomic E-state index is -1.66. The van der Waals surface area contributed by atoms with Crippen molar-refractivity contribution in [2.75, 3.05) is 84.4 Å². The van der Waals surface area contributed by atoms with Crippen LogP contribution in [0.1, 0.15) is 13.3 Å². The highest BCUT2D eigenvalue weighted by Gasteiger charge is 2.62. The van der Waals surface area contributed by atoms with Gasteiger partial charge in [0.1, 0.15) is 42.4 Å². The molecule has 0 spiro atoms. The Labute approximate surface area is 277 Å². The Morgan fingerprint density at radius 1 is 0.809 bits per heavy atom. The van der Waals surface area contributed by atoms with Gasteiger partial charge >= 0.3 is 0 Å². The van der Waals surface area contributed by atoms with Crippen molar-refractivity contribution in [1.29, 1.82) is 0 Å². The molecule has 266 valence electrons. The van der Waals surface area contributed by atoms with Gasteiger partial charge < -0.3 is 60.6 Å². The largest absolute Gasteiger partial charge is 0.388 e. The monoisotopic (exact) mass is 688 g/mol. The second-order valence-corrected chi connectivity index (χ2v) is 14.4. The molecule has 6 fully saturated rings. The number of fused-ring (bicyclic) bond motifs is 4. The van der Waals surface area contributed by atoms with Crippen molar-refractivity contribution in [2.24, 2.45) is 0 Å². The summed E-state index contributed by atoms with van der Waals surface area (Å²) in [6.07, 6.45) is -6.50. The third-order valence-electron chi connectivity index (χ3n) is 10.0. The van der Waals surface area contributed by atoms with Crippen LogP contribution in [0.5, 0.6) is 0 Å². The maximum atomic E-state index is 13.4. The second kappa shape index (κ2) is 14.8. The van der Waals surface area contributed by atoms with E-state index in [0.717, 1.165) is 37.9 Å². The van der Waals surface area contributed by atoms with Crippen molar-refractivity contribution in [2.45, 2.75) is 78.9 Å². The highest BCUT2D eigenvalue weighted by atomic mass is 32.2. The number of Topliss-reactive ketones (excluding diaryl/α,β-unsaturated/α-hetero) is 1. The quantitative estimate of drug-likeness (QED) is 0.0958. The van der Waals surface area contributed by atoms with Gasteiger partial charge in [-0.05, 0) is 6.92 Å². The first-order chi connectivity index (χ1) is 22.5. The summed E-state index contributed by atoms with van der Waals surface area (Å²) in [7, 11) is 0. The average molecular weight is 689 g/mol. The molecule has 6 heterocycles. The topological polar surface area (TPSA) is 224 Å². The summed E-state index contributed by atoms with van der Waals surface area (Å²) < 4.78 is 23.9. The number of hydrogen-bond acceptors (Lipinski definition) is 16. The zero-order chi connectivity index (χ0) is 33.3. The summed E-state index contributed by atoms with van der Waals surface area (Å²) in [5, 5.41) is 55.1. The molecule has 47 heavy (non-hydrogen) atoms. The zero-order valence-electron chi connectivity index (χ0n) is 26.5. The third-order valence-corrected chi connectivity index (χ3v) is 11.4. The van der Waals surface area contributed by atoms with Crippen molar-refractivity contribution in [1.82, 2.24) is 31.1 Å². The predicted molar refractivity (Wildman–Crippen MR) is 165 cm³/mol. The molecule has 2 amide bonds. The lowest BCUT2D eigenvalue weighted by Gasteiger charge is -2.47. The molecule has 0 saturated carbocycles. The fourth-order valence-electron chi connectivity index (χ4n) is 7.56. The number of rotatable bonds is 12. The van der Waals surface area contributed by atoms with Crippen LogP contribution in [0, 0.1) is 0 Å². The molecule has 0 aliphatic carbocycles. The van der Waals surface area contributed by atoms with Crippen LogP contribution < -0.4 is 21.3 Å². The normalized spacial score (nSPS) is 41.4. The fourth-order valence-corrected chi connectivity index (χ4v) is 8.50. The maximum absolute atomic E-state index is 13.4. The van der Waals surface area contributed by atoms with Crippen molar-refractivity contribution >= 4 is 29.4 Å². The van der Waals surface area contributed by atoms with E-state index in [1.54, 1.807) is 0 Å². The smallest absolute Gasteiger partial charge is 0.233 e. The molecule has 6 aliphatic rings. The van der Waals surface area contributed by atoms with E-state index in [1.165, 1.54) is 6.92 Å². The minimum Gasteiger partial charge on any atom is -0.388 e. The molecule has 6 rings (SSSR count). The molecule has 11 atom stereocenters. The van der Waals surface area contributed by atoms with Crippen LogP contribution in [-0.4, -0.2) is 198 Å². The lowest BCUT2D eigenvalue weighted by molar-refractivity contribution is -0.283. The van der Waals surface area contributed by atoms with Gasteiger partial charge in [0.05, 0.1) is 49.4 Å². The first-order valence-corrected chi connectivity index (χ1v) is 17.5. The number of aliphatic hydroxyl groups excluding tert-OH is 4. The Bertz CT molecular complexity index is 1150. The maximum Gasteiger partial charge on any atom is 0.233 e. The summed E-state index contributed by atoms with van der Waals surface area (Å²) >= 11 is 0.991. The lowest BCUT2D eigenvalue weighted by Crippen LogP contribution is -2.69. The summed E-state index contributed by atoms with van der Waals surface area (Å²) in [6, 6.07) is -0.908. The number of ether oxygens (including phenoxy) is 4. The number of amides is 2. The molecule has 0 aromatic heterocycles. The summed E-state index contributed by atoms with van der Waals surface area (Å²) in [5.74, 6) is -4.64. The van der Waals surface area contributed by atoms with Crippen molar-refractivity contribution < 1.29 is 53.8 Å². The predicted octanol–water partition coefficient (Wildman–Crippen LogP) is -5.46. The first kappa shape index (κ1) is 35.3. The van der Waals surface area contributed by atoms with Crippen LogP contribution >= 0.6 is 11.8 Å². The number of ketones is 1. The van der Waals surface area contributed by atoms with Crippen molar-refractivity contribution in [3.63, 3.8) is 0 Å². The number of aliphatic hydroxyl groups is 4. The van der Waals surface area contributed by atoms with Crippen LogP contribution in [0.25, 0.3) is 0 Å². The van der Waals surface area contributed by atoms with Gasteiger partial charge in [0, 0.05) is 58.8 Å². The van der Waals surface area contributed by atoms with E-state index in [0.29, 0.717) is 26.2 Å². The van der Waals surface area contributed by atoms with Gasteiger partial charge in [-0.3, -0.25) is 24.2 Å². The van der Waals surface area contributed by atoms with Gasteiger partial charge in [-0.25, -0.2) is 0 Å². The minimum absolute atomic E-state index is 0.0184. The number of carbonyl (C=O) groups is 3. The van der Waals surface area contributed by atoms with Gasteiger partial charge in [0.2, 0.25) is 23.4 Å². The lowest BCUT2D eigenvalue weighted by atomic mass is 9.91. The Kier molecular flexibility index (Phi) is 11.1. The molecular formula is C29H48N6O11S. The van der Waals surface area contributed by atoms with E-state index >= 15 is 0 Å². The van der Waals surface area contributed by atoms with E-state index in [4.69, 9.17) is 18.9 Å². The zero-order valence-corrected chi connectivity index (χ0v) is 27.4. The second-order valence-electron chi connectivity index (χ2n) is 13.2. The number of piperazine rings is 2. The first-order valence-electron chi connectivity index (χ1n) is 16.4. The van der Waals surface area contributed by atoms with Gasteiger partial charge in [-0.1, -0.05) is 0 Å². The SMILES string of the molecule is CC(=O)CSC(CC(=O)NC[C@@]12OC[C@H](O1)[C@@H](N1CCNCC1)[C@@H](O)[C@H]2O)C(=O)NC[C@@]12OC[C@@H](O1)[C@@H](N1CCNCC1)[C@@H](O)[C@H]2O. The molecule has 0 aromatic rings. The average Bonchev–Trinajstić information content (AvgIpc) is 3.66. The molecule has 6 saturated heterocycles. The van der Waals surface area contributed by atoms with Gasteiger partial charge in [0.25, 0.3) is 0 Å². The van der Waals surface area contributed by atoms with Gasteiger partial charge in [-0.2, -0.15) is 0 Å². The van der Waals surface area contributed by atoms with E-state index in [2.05, 4.69) is 31.1 Å². The third kappa shape index (κ3) is 7.21. The molecule has 18 heteroatoms. The van der Waals surface area contributed by atoms with Crippen LogP contribution in [0.15, 0.2) is 0 Å². The van der Waals surface area contributed by atoms with Gasteiger partial charge in [0.15, 0.2) is 0 Å². The fraction of sp³-hybridized carbons (Fsp3) is 0.897. The summed E-state index contributed by atoms with van der Waals surface area (Å²) in [5.41, 5.74) is 0. The van der Waals surface area contributed by atoms with Crippen LogP contribution in [-0.2, 0) is 33.3 Å².